The minimum absolute atomic E-state index is 0.574. The molecule has 0 saturated carbocycles. The van der Waals surface area contributed by atoms with Crippen LogP contribution in [0.3, 0.4) is 0 Å². The molecule has 76 valence electrons. The van der Waals surface area contributed by atoms with E-state index in [-0.39, 0.29) is 0 Å². The summed E-state index contributed by atoms with van der Waals surface area (Å²) in [7, 11) is -1.22. The average molecular weight is 282 g/mol. The third-order valence-corrected chi connectivity index (χ3v) is 4.19. The van der Waals surface area contributed by atoms with E-state index >= 15 is 0 Å². The molecule has 0 fully saturated rings. The van der Waals surface area contributed by atoms with Gasteiger partial charge in [0.2, 0.25) is 0 Å². The summed E-state index contributed by atoms with van der Waals surface area (Å²) < 4.78 is 12.9. The van der Waals surface area contributed by atoms with Crippen LogP contribution >= 0.6 is 15.9 Å². The van der Waals surface area contributed by atoms with E-state index in [9.17, 15) is 4.21 Å². The van der Waals surface area contributed by atoms with Crippen molar-refractivity contribution in [3.05, 3.63) is 53.1 Å². The van der Waals surface area contributed by atoms with Crippen LogP contribution in [0.2, 0.25) is 0 Å². The van der Waals surface area contributed by atoms with Gasteiger partial charge in [-0.25, -0.2) is 9.19 Å². The molecule has 1 atom stereocenters. The molecule has 0 aliphatic carbocycles. The highest BCUT2D eigenvalue weighted by Gasteiger charge is 2.10. The number of pyridine rings is 1. The molecule has 0 bridgehead atoms. The largest absolute Gasteiger partial charge is 0.247 e. The molecule has 4 heteroatoms. The first-order valence-corrected chi connectivity index (χ1v) is 6.30. The fourth-order valence-electron chi connectivity index (χ4n) is 1.16. The zero-order valence-electron chi connectivity index (χ0n) is 7.76. The van der Waals surface area contributed by atoms with Gasteiger partial charge < -0.3 is 0 Å². The second-order valence-corrected chi connectivity index (χ2v) is 5.12. The van der Waals surface area contributed by atoms with E-state index in [0.29, 0.717) is 5.03 Å². The molecule has 0 amide bonds. The fraction of sp³-hybridized carbons (Fsp3) is 0. The Morgan fingerprint density at radius 1 is 1.07 bits per heavy atom. The lowest BCUT2D eigenvalue weighted by molar-refractivity contribution is 0.680. The lowest BCUT2D eigenvalue weighted by atomic mass is 10.4. The molecule has 0 saturated heterocycles. The van der Waals surface area contributed by atoms with Crippen molar-refractivity contribution in [3.63, 3.8) is 0 Å². The van der Waals surface area contributed by atoms with Gasteiger partial charge in [-0.15, -0.1) is 0 Å². The maximum Gasteiger partial charge on any atom is 0.132 e. The van der Waals surface area contributed by atoms with Crippen LogP contribution in [0, 0.1) is 0 Å². The van der Waals surface area contributed by atoms with Gasteiger partial charge >= 0.3 is 0 Å². The van der Waals surface area contributed by atoms with Crippen LogP contribution in [0.4, 0.5) is 0 Å². The molecular formula is C11H8BrNOS. The first-order valence-electron chi connectivity index (χ1n) is 4.36. The van der Waals surface area contributed by atoms with Crippen LogP contribution in [0.15, 0.2) is 63.1 Å². The molecule has 2 aromatic rings. The van der Waals surface area contributed by atoms with Crippen molar-refractivity contribution in [2.45, 2.75) is 9.92 Å². The molecule has 1 aromatic heterocycles. The zero-order chi connectivity index (χ0) is 10.7. The van der Waals surface area contributed by atoms with Gasteiger partial charge in [0.1, 0.15) is 15.8 Å². The normalized spacial score (nSPS) is 12.3. The summed E-state index contributed by atoms with van der Waals surface area (Å²) >= 11 is 3.37. The van der Waals surface area contributed by atoms with Crippen molar-refractivity contribution in [2.75, 3.05) is 0 Å². The Balaban J connectivity index is 2.42. The Hall–Kier alpha value is -1.000. The van der Waals surface area contributed by atoms with E-state index in [2.05, 4.69) is 20.9 Å². The number of hydrogen-bond donors (Lipinski definition) is 0. The highest BCUT2D eigenvalue weighted by atomic mass is 79.9. The van der Waals surface area contributed by atoms with E-state index in [1.807, 2.05) is 30.3 Å². The highest BCUT2D eigenvalue weighted by Crippen LogP contribution is 2.22. The molecule has 2 rings (SSSR count). The van der Waals surface area contributed by atoms with Gasteiger partial charge in [0.15, 0.2) is 0 Å². The maximum atomic E-state index is 12.1. The summed E-state index contributed by atoms with van der Waals surface area (Å²) in [5.41, 5.74) is 0. The van der Waals surface area contributed by atoms with Gasteiger partial charge in [-0.2, -0.15) is 0 Å². The molecule has 0 aliphatic heterocycles. The molecule has 0 radical (unpaired) electrons. The van der Waals surface area contributed by atoms with Crippen LogP contribution in [-0.4, -0.2) is 9.19 Å². The third kappa shape index (κ3) is 2.33. The Labute approximate surface area is 98.9 Å². The molecular weight excluding hydrogens is 274 g/mol. The number of halogens is 1. The number of benzene rings is 1. The summed E-state index contributed by atoms with van der Waals surface area (Å²) in [6.45, 7) is 0. The standard InChI is InChI=1S/C11H8BrNOS/c12-9-5-1-2-6-10(9)15(14)11-7-3-4-8-13-11/h1-8H. The van der Waals surface area contributed by atoms with E-state index in [1.165, 1.54) is 0 Å². The number of nitrogens with zero attached hydrogens (tertiary/aromatic N) is 1. The Kier molecular flexibility index (Phi) is 3.28. The molecule has 0 spiro atoms. The Bertz CT molecular complexity index is 487. The van der Waals surface area contributed by atoms with Crippen molar-refractivity contribution in [1.29, 1.82) is 0 Å². The van der Waals surface area contributed by atoms with Gasteiger partial charge in [-0.1, -0.05) is 18.2 Å². The molecule has 1 unspecified atom stereocenters. The smallest absolute Gasteiger partial charge is 0.132 e. The summed E-state index contributed by atoms with van der Waals surface area (Å²) in [4.78, 5) is 4.82. The quantitative estimate of drug-likeness (QED) is 0.847. The van der Waals surface area contributed by atoms with Crippen LogP contribution in [0.1, 0.15) is 0 Å². The summed E-state index contributed by atoms with van der Waals surface area (Å²) in [6.07, 6.45) is 1.64. The molecule has 2 nitrogen and oxygen atoms in total. The lowest BCUT2D eigenvalue weighted by Crippen LogP contribution is -1.95. The minimum Gasteiger partial charge on any atom is -0.247 e. The molecule has 0 aliphatic rings. The van der Waals surface area contributed by atoms with Crippen molar-refractivity contribution in [3.8, 4) is 0 Å². The first kappa shape index (κ1) is 10.5. The number of rotatable bonds is 2. The second kappa shape index (κ2) is 4.68. The molecule has 1 heterocycles. The highest BCUT2D eigenvalue weighted by molar-refractivity contribution is 9.10. The fourth-order valence-corrected chi connectivity index (χ4v) is 2.92. The van der Waals surface area contributed by atoms with Crippen molar-refractivity contribution in [1.82, 2.24) is 4.98 Å². The summed E-state index contributed by atoms with van der Waals surface area (Å²) in [6, 6.07) is 12.8. The topological polar surface area (TPSA) is 30.0 Å². The van der Waals surface area contributed by atoms with E-state index in [4.69, 9.17) is 0 Å². The van der Waals surface area contributed by atoms with Gasteiger partial charge in [0, 0.05) is 10.7 Å². The monoisotopic (exact) mass is 281 g/mol. The Morgan fingerprint density at radius 2 is 1.80 bits per heavy atom. The molecule has 1 aromatic carbocycles. The van der Waals surface area contributed by atoms with E-state index in [1.54, 1.807) is 18.3 Å². The third-order valence-electron chi connectivity index (χ3n) is 1.86. The van der Waals surface area contributed by atoms with Crippen LogP contribution in [0.25, 0.3) is 0 Å². The van der Waals surface area contributed by atoms with Crippen molar-refractivity contribution in [2.24, 2.45) is 0 Å². The minimum atomic E-state index is -1.22. The van der Waals surface area contributed by atoms with Gasteiger partial charge in [-0.05, 0) is 40.2 Å². The number of hydrogen-bond acceptors (Lipinski definition) is 2. The van der Waals surface area contributed by atoms with Crippen LogP contribution in [0.5, 0.6) is 0 Å². The predicted octanol–water partition coefficient (Wildman–Crippen LogP) is 3.01. The number of aromatic nitrogens is 1. The maximum absolute atomic E-state index is 12.1. The Morgan fingerprint density at radius 3 is 2.47 bits per heavy atom. The predicted molar refractivity (Wildman–Crippen MR) is 63.1 cm³/mol. The summed E-state index contributed by atoms with van der Waals surface area (Å²) in [5.74, 6) is 0. The van der Waals surface area contributed by atoms with Gasteiger partial charge in [0.25, 0.3) is 0 Å². The van der Waals surface area contributed by atoms with Gasteiger partial charge in [-0.3, -0.25) is 0 Å². The SMILES string of the molecule is O=S(c1ccccn1)c1ccccc1Br. The second-order valence-electron chi connectivity index (χ2n) is 2.87. The molecule has 0 N–H and O–H groups in total. The average Bonchev–Trinajstić information content (AvgIpc) is 2.30. The first-order chi connectivity index (χ1) is 7.29. The lowest BCUT2D eigenvalue weighted by Gasteiger charge is -2.02. The molecule has 15 heavy (non-hydrogen) atoms. The van der Waals surface area contributed by atoms with Crippen LogP contribution in [-0.2, 0) is 10.8 Å². The van der Waals surface area contributed by atoms with Crippen molar-refractivity contribution < 1.29 is 4.21 Å². The van der Waals surface area contributed by atoms with Crippen molar-refractivity contribution >= 4 is 26.7 Å². The zero-order valence-corrected chi connectivity index (χ0v) is 10.2. The summed E-state index contributed by atoms with van der Waals surface area (Å²) in [5, 5.41) is 0.574. The van der Waals surface area contributed by atoms with Gasteiger partial charge in [0.05, 0.1) is 4.90 Å². The van der Waals surface area contributed by atoms with E-state index in [0.717, 1.165) is 9.37 Å². The van der Waals surface area contributed by atoms with Crippen LogP contribution < -0.4 is 0 Å². The van der Waals surface area contributed by atoms with E-state index < -0.39 is 10.8 Å².